The maximum atomic E-state index is 12.3. The van der Waals surface area contributed by atoms with E-state index in [0.717, 1.165) is 10.5 Å². The molecule has 2 heterocycles. The number of hydrogen-bond acceptors (Lipinski definition) is 4. The Morgan fingerprint density at radius 2 is 1.96 bits per heavy atom. The van der Waals surface area contributed by atoms with Crippen molar-refractivity contribution in [1.82, 2.24) is 15.5 Å². The van der Waals surface area contributed by atoms with Crippen molar-refractivity contribution in [1.29, 1.82) is 0 Å². The van der Waals surface area contributed by atoms with Crippen LogP contribution >= 0.6 is 0 Å². The molecular weight excluding hydrogens is 322 g/mol. The minimum Gasteiger partial charge on any atom is -0.467 e. The lowest BCUT2D eigenvalue weighted by Crippen LogP contribution is -2.36. The lowest BCUT2D eigenvalue weighted by atomic mass is 10.1. The van der Waals surface area contributed by atoms with Crippen LogP contribution in [0.25, 0.3) is 0 Å². The predicted molar refractivity (Wildman–Crippen MR) is 89.4 cm³/mol. The zero-order chi connectivity index (χ0) is 17.6. The van der Waals surface area contributed by atoms with Crippen molar-refractivity contribution in [3.8, 4) is 0 Å². The van der Waals surface area contributed by atoms with Gasteiger partial charge in [-0.05, 0) is 24.1 Å². The number of hydrogen-bond donors (Lipinski definition) is 2. The molecule has 1 aromatic carbocycles. The number of furan rings is 1. The zero-order valence-corrected chi connectivity index (χ0v) is 13.6. The first kappa shape index (κ1) is 16.8. The van der Waals surface area contributed by atoms with Crippen molar-refractivity contribution in [2.24, 2.45) is 0 Å². The first-order chi connectivity index (χ1) is 12.1. The van der Waals surface area contributed by atoms with E-state index in [2.05, 4.69) is 10.6 Å². The number of carbonyl (C=O) groups excluding carboxylic acids is 3. The number of urea groups is 1. The van der Waals surface area contributed by atoms with Gasteiger partial charge in [-0.3, -0.25) is 14.5 Å². The minimum atomic E-state index is -0.820. The fraction of sp³-hybridized carbons (Fsp3) is 0.278. The molecule has 7 heteroatoms. The normalized spacial score (nSPS) is 16.8. The molecule has 130 valence electrons. The number of rotatable bonds is 7. The molecule has 0 radical (unpaired) electrons. The number of benzene rings is 1. The molecule has 0 aliphatic carbocycles. The third kappa shape index (κ3) is 4.26. The average molecular weight is 341 g/mol. The van der Waals surface area contributed by atoms with Crippen molar-refractivity contribution in [2.75, 3.05) is 6.54 Å². The Labute approximate surface area is 145 Å². The summed E-state index contributed by atoms with van der Waals surface area (Å²) in [5, 5.41) is 5.23. The number of imide groups is 1. The van der Waals surface area contributed by atoms with Crippen LogP contribution in [0.1, 0.15) is 17.7 Å². The highest BCUT2D eigenvalue weighted by molar-refractivity contribution is 6.05. The molecule has 1 aromatic heterocycles. The molecule has 0 unspecified atom stereocenters. The van der Waals surface area contributed by atoms with Crippen LogP contribution in [0.2, 0.25) is 0 Å². The van der Waals surface area contributed by atoms with Crippen molar-refractivity contribution in [3.05, 3.63) is 60.1 Å². The lowest BCUT2D eigenvalue weighted by Gasteiger charge is -2.13. The van der Waals surface area contributed by atoms with E-state index in [9.17, 15) is 14.4 Å². The molecule has 1 saturated heterocycles. The van der Waals surface area contributed by atoms with Crippen molar-refractivity contribution in [3.63, 3.8) is 0 Å². The quantitative estimate of drug-likeness (QED) is 0.746. The molecule has 1 aliphatic rings. The molecule has 4 amide bonds. The topological polar surface area (TPSA) is 91.7 Å². The van der Waals surface area contributed by atoms with E-state index in [1.807, 2.05) is 30.3 Å². The van der Waals surface area contributed by atoms with E-state index in [1.165, 1.54) is 6.26 Å². The Hall–Kier alpha value is -3.09. The molecular formula is C18H19N3O4. The third-order valence-corrected chi connectivity index (χ3v) is 4.00. The van der Waals surface area contributed by atoms with Crippen molar-refractivity contribution >= 4 is 17.8 Å². The van der Waals surface area contributed by atoms with Crippen LogP contribution in [0, 0.1) is 0 Å². The molecule has 2 N–H and O–H groups in total. The van der Waals surface area contributed by atoms with Gasteiger partial charge >= 0.3 is 6.03 Å². The minimum absolute atomic E-state index is 0.0902. The summed E-state index contributed by atoms with van der Waals surface area (Å²) < 4.78 is 5.12. The molecule has 2 aromatic rings. The van der Waals surface area contributed by atoms with E-state index in [1.54, 1.807) is 12.1 Å². The first-order valence-corrected chi connectivity index (χ1v) is 8.08. The van der Waals surface area contributed by atoms with E-state index >= 15 is 0 Å². The zero-order valence-electron chi connectivity index (χ0n) is 13.6. The third-order valence-electron chi connectivity index (χ3n) is 4.00. The van der Waals surface area contributed by atoms with Gasteiger partial charge in [0.05, 0.1) is 19.2 Å². The van der Waals surface area contributed by atoms with Crippen molar-refractivity contribution in [2.45, 2.75) is 25.4 Å². The monoisotopic (exact) mass is 341 g/mol. The van der Waals surface area contributed by atoms with Crippen LogP contribution in [0.3, 0.4) is 0 Å². The summed E-state index contributed by atoms with van der Waals surface area (Å²) in [6, 6.07) is 11.8. The maximum Gasteiger partial charge on any atom is 0.324 e. The van der Waals surface area contributed by atoms with Gasteiger partial charge in [0.15, 0.2) is 0 Å². The largest absolute Gasteiger partial charge is 0.467 e. The van der Waals surface area contributed by atoms with Gasteiger partial charge in [-0.15, -0.1) is 0 Å². The van der Waals surface area contributed by atoms with Gasteiger partial charge in [-0.25, -0.2) is 4.79 Å². The smallest absolute Gasteiger partial charge is 0.324 e. The highest BCUT2D eigenvalue weighted by atomic mass is 16.3. The van der Waals surface area contributed by atoms with E-state index < -0.39 is 12.1 Å². The van der Waals surface area contributed by atoms with Gasteiger partial charge in [0.1, 0.15) is 11.8 Å². The summed E-state index contributed by atoms with van der Waals surface area (Å²) in [6.07, 6.45) is 2.01. The number of nitrogens with one attached hydrogen (secondary N) is 2. The Kier molecular flexibility index (Phi) is 5.13. The summed E-state index contributed by atoms with van der Waals surface area (Å²) in [5.41, 5.74) is 1.04. The van der Waals surface area contributed by atoms with Gasteiger partial charge in [-0.1, -0.05) is 30.3 Å². The van der Waals surface area contributed by atoms with Crippen LogP contribution in [0.5, 0.6) is 0 Å². The fourth-order valence-corrected chi connectivity index (χ4v) is 2.67. The highest BCUT2D eigenvalue weighted by Gasteiger charge is 2.38. The Morgan fingerprint density at radius 1 is 1.16 bits per heavy atom. The van der Waals surface area contributed by atoms with Crippen LogP contribution < -0.4 is 10.6 Å². The molecule has 0 bridgehead atoms. The fourth-order valence-electron chi connectivity index (χ4n) is 2.67. The first-order valence-electron chi connectivity index (χ1n) is 8.08. The average Bonchev–Trinajstić information content (AvgIpc) is 3.22. The molecule has 0 spiro atoms. The number of carbonyl (C=O) groups is 3. The second-order valence-corrected chi connectivity index (χ2v) is 5.79. The standard InChI is InChI=1S/C18H19N3O4/c22-16(19-12-14-7-4-10-25-14)11-15-17(23)21(18(24)20-15)9-8-13-5-2-1-3-6-13/h1-7,10,15H,8-9,11-12H2,(H,19,22)(H,20,24)/t15-/m0/s1. The summed E-state index contributed by atoms with van der Waals surface area (Å²) in [7, 11) is 0. The second-order valence-electron chi connectivity index (χ2n) is 5.79. The number of amides is 4. The second kappa shape index (κ2) is 7.65. The Balaban J connectivity index is 1.49. The van der Waals surface area contributed by atoms with Crippen LogP contribution in [-0.4, -0.2) is 35.3 Å². The SMILES string of the molecule is O=C(C[C@@H]1NC(=O)N(CCc2ccccc2)C1=O)NCc1ccco1. The van der Waals surface area contributed by atoms with Gasteiger partial charge in [0, 0.05) is 6.54 Å². The van der Waals surface area contributed by atoms with Crippen molar-refractivity contribution < 1.29 is 18.8 Å². The highest BCUT2D eigenvalue weighted by Crippen LogP contribution is 2.11. The van der Waals surface area contributed by atoms with Gasteiger partial charge < -0.3 is 15.1 Å². The van der Waals surface area contributed by atoms with Gasteiger partial charge in [0.25, 0.3) is 5.91 Å². The summed E-state index contributed by atoms with van der Waals surface area (Å²) in [5.74, 6) is -0.0614. The lowest BCUT2D eigenvalue weighted by molar-refractivity contribution is -0.130. The van der Waals surface area contributed by atoms with E-state index in [-0.39, 0.29) is 24.8 Å². The van der Waals surface area contributed by atoms with Crippen LogP contribution in [0.4, 0.5) is 4.79 Å². The van der Waals surface area contributed by atoms with E-state index in [4.69, 9.17) is 4.42 Å². The maximum absolute atomic E-state index is 12.3. The molecule has 25 heavy (non-hydrogen) atoms. The molecule has 3 rings (SSSR count). The van der Waals surface area contributed by atoms with E-state index in [0.29, 0.717) is 18.7 Å². The van der Waals surface area contributed by atoms with Crippen LogP contribution in [0.15, 0.2) is 53.1 Å². The van der Waals surface area contributed by atoms with Crippen LogP contribution in [-0.2, 0) is 22.6 Å². The molecule has 1 atom stereocenters. The van der Waals surface area contributed by atoms with Gasteiger partial charge in [-0.2, -0.15) is 0 Å². The summed E-state index contributed by atoms with van der Waals surface area (Å²) in [6.45, 7) is 0.539. The Morgan fingerprint density at radius 3 is 2.68 bits per heavy atom. The summed E-state index contributed by atoms with van der Waals surface area (Å²) >= 11 is 0. The molecule has 0 saturated carbocycles. The summed E-state index contributed by atoms with van der Waals surface area (Å²) in [4.78, 5) is 37.5. The molecule has 1 fully saturated rings. The Bertz CT molecular complexity index is 743. The molecule has 7 nitrogen and oxygen atoms in total. The number of nitrogens with zero attached hydrogens (tertiary/aromatic N) is 1. The predicted octanol–water partition coefficient (Wildman–Crippen LogP) is 1.45. The van der Waals surface area contributed by atoms with Gasteiger partial charge in [0.2, 0.25) is 5.91 Å². The molecule has 1 aliphatic heterocycles.